The van der Waals surface area contributed by atoms with Crippen molar-refractivity contribution < 1.29 is 5.11 Å². The minimum absolute atomic E-state index is 0.228. The molecule has 0 spiro atoms. The average Bonchev–Trinajstić information content (AvgIpc) is 2.36. The molecule has 0 radical (unpaired) electrons. The molecule has 18 heavy (non-hydrogen) atoms. The molecule has 0 atom stereocenters. The third-order valence-electron chi connectivity index (χ3n) is 2.45. The lowest BCUT2D eigenvalue weighted by atomic mass is 10.1. The van der Waals surface area contributed by atoms with Crippen molar-refractivity contribution in [1.82, 2.24) is 4.98 Å². The van der Waals surface area contributed by atoms with Crippen LogP contribution in [-0.4, -0.2) is 10.1 Å². The standard InChI is InChI=1S/C12H8Cl3NO2/c13-8-3-4-9(14)11(15)10(8)7-2-1-6(5-17)16-12(7)18/h1-4,17H,5H2,(H,16,18). The molecule has 2 aromatic rings. The molecule has 0 aliphatic heterocycles. The van der Waals surface area contributed by atoms with E-state index in [1.165, 1.54) is 0 Å². The van der Waals surface area contributed by atoms with Gasteiger partial charge in [-0.3, -0.25) is 4.79 Å². The summed E-state index contributed by atoms with van der Waals surface area (Å²) in [5, 5.41) is 9.82. The van der Waals surface area contributed by atoms with Gasteiger partial charge in [0.1, 0.15) is 0 Å². The van der Waals surface area contributed by atoms with Gasteiger partial charge in [0.2, 0.25) is 0 Å². The number of aromatic nitrogens is 1. The van der Waals surface area contributed by atoms with Gasteiger partial charge in [0, 0.05) is 11.3 Å². The first-order valence-electron chi connectivity index (χ1n) is 5.01. The molecule has 2 rings (SSSR count). The van der Waals surface area contributed by atoms with Gasteiger partial charge in [-0.2, -0.15) is 0 Å². The number of H-pyrrole nitrogens is 1. The Balaban J connectivity index is 2.70. The van der Waals surface area contributed by atoms with Gasteiger partial charge in [0.15, 0.2) is 0 Å². The first-order chi connectivity index (χ1) is 8.54. The van der Waals surface area contributed by atoms with E-state index >= 15 is 0 Å². The maximum atomic E-state index is 11.9. The number of halogens is 3. The number of nitrogens with one attached hydrogen (secondary N) is 1. The number of aliphatic hydroxyl groups is 1. The number of hydrogen-bond acceptors (Lipinski definition) is 2. The van der Waals surface area contributed by atoms with Gasteiger partial charge in [-0.1, -0.05) is 34.8 Å². The van der Waals surface area contributed by atoms with E-state index < -0.39 is 0 Å². The molecular weight excluding hydrogens is 296 g/mol. The molecule has 0 saturated heterocycles. The first kappa shape index (κ1) is 13.4. The van der Waals surface area contributed by atoms with Crippen molar-refractivity contribution >= 4 is 34.8 Å². The van der Waals surface area contributed by atoms with E-state index in [2.05, 4.69) is 4.98 Å². The molecule has 1 aromatic carbocycles. The summed E-state index contributed by atoms with van der Waals surface area (Å²) < 4.78 is 0. The van der Waals surface area contributed by atoms with Gasteiger partial charge >= 0.3 is 0 Å². The molecule has 0 aliphatic rings. The van der Waals surface area contributed by atoms with Crippen molar-refractivity contribution in [3.8, 4) is 11.1 Å². The fraction of sp³-hybridized carbons (Fsp3) is 0.0833. The van der Waals surface area contributed by atoms with Crippen molar-refractivity contribution in [2.75, 3.05) is 0 Å². The number of benzene rings is 1. The molecule has 1 heterocycles. The van der Waals surface area contributed by atoms with Crippen LogP contribution in [0.4, 0.5) is 0 Å². The summed E-state index contributed by atoms with van der Waals surface area (Å²) in [6.45, 7) is -0.244. The lowest BCUT2D eigenvalue weighted by Gasteiger charge is -2.08. The van der Waals surface area contributed by atoms with E-state index in [-0.39, 0.29) is 17.2 Å². The van der Waals surface area contributed by atoms with Gasteiger partial charge in [-0.05, 0) is 24.3 Å². The summed E-state index contributed by atoms with van der Waals surface area (Å²) in [4.78, 5) is 14.4. The number of aromatic amines is 1. The molecule has 94 valence electrons. The summed E-state index contributed by atoms with van der Waals surface area (Å²) in [5.41, 5.74) is 0.729. The van der Waals surface area contributed by atoms with Gasteiger partial charge in [-0.15, -0.1) is 0 Å². The molecule has 0 fully saturated rings. The number of hydrogen-bond donors (Lipinski definition) is 2. The fourth-order valence-electron chi connectivity index (χ4n) is 1.58. The molecule has 6 heteroatoms. The van der Waals surface area contributed by atoms with Crippen molar-refractivity contribution in [2.24, 2.45) is 0 Å². The smallest absolute Gasteiger partial charge is 0.256 e. The third kappa shape index (κ3) is 2.40. The molecular formula is C12H8Cl3NO2. The van der Waals surface area contributed by atoms with Crippen molar-refractivity contribution in [3.63, 3.8) is 0 Å². The summed E-state index contributed by atoms with van der Waals surface area (Å²) in [6.07, 6.45) is 0. The van der Waals surface area contributed by atoms with E-state index in [1.54, 1.807) is 24.3 Å². The van der Waals surface area contributed by atoms with Crippen LogP contribution in [0.1, 0.15) is 5.69 Å². The monoisotopic (exact) mass is 303 g/mol. The lowest BCUT2D eigenvalue weighted by Crippen LogP contribution is -2.11. The third-order valence-corrected chi connectivity index (χ3v) is 3.57. The molecule has 0 bridgehead atoms. The molecule has 1 aromatic heterocycles. The van der Waals surface area contributed by atoms with Crippen LogP contribution in [0.5, 0.6) is 0 Å². The van der Waals surface area contributed by atoms with E-state index in [1.807, 2.05) is 0 Å². The number of aliphatic hydroxyl groups excluding tert-OH is 1. The highest BCUT2D eigenvalue weighted by molar-refractivity contribution is 6.46. The summed E-state index contributed by atoms with van der Waals surface area (Å²) in [6, 6.07) is 6.27. The number of pyridine rings is 1. The minimum atomic E-state index is -0.382. The van der Waals surface area contributed by atoms with Gasteiger partial charge < -0.3 is 10.1 Å². The summed E-state index contributed by atoms with van der Waals surface area (Å²) >= 11 is 18.0. The van der Waals surface area contributed by atoms with Crippen molar-refractivity contribution in [3.05, 3.63) is 55.4 Å². The van der Waals surface area contributed by atoms with E-state index in [9.17, 15) is 4.79 Å². The SMILES string of the molecule is O=c1[nH]c(CO)ccc1-c1c(Cl)ccc(Cl)c1Cl. The second-order valence-corrected chi connectivity index (χ2v) is 4.80. The predicted molar refractivity (Wildman–Crippen MR) is 73.5 cm³/mol. The quantitative estimate of drug-likeness (QED) is 0.834. The highest BCUT2D eigenvalue weighted by Crippen LogP contribution is 2.37. The Bertz CT molecular complexity index is 652. The Morgan fingerprint density at radius 1 is 1.06 bits per heavy atom. The zero-order valence-electron chi connectivity index (χ0n) is 9.01. The van der Waals surface area contributed by atoms with Crippen LogP contribution in [0.25, 0.3) is 11.1 Å². The minimum Gasteiger partial charge on any atom is -0.390 e. The van der Waals surface area contributed by atoms with Crippen LogP contribution in [0, 0.1) is 0 Å². The van der Waals surface area contributed by atoms with Crippen LogP contribution in [-0.2, 0) is 6.61 Å². The zero-order valence-corrected chi connectivity index (χ0v) is 11.3. The van der Waals surface area contributed by atoms with Gasteiger partial charge in [-0.25, -0.2) is 0 Å². The van der Waals surface area contributed by atoms with Crippen LogP contribution in [0.2, 0.25) is 15.1 Å². The second-order valence-electron chi connectivity index (χ2n) is 3.60. The molecule has 0 unspecified atom stereocenters. The normalized spacial score (nSPS) is 10.7. The molecule has 0 amide bonds. The fourth-order valence-corrected chi connectivity index (χ4v) is 2.31. The topological polar surface area (TPSA) is 53.1 Å². The molecule has 0 aliphatic carbocycles. The Morgan fingerprint density at radius 3 is 2.33 bits per heavy atom. The first-order valence-corrected chi connectivity index (χ1v) is 6.15. The van der Waals surface area contributed by atoms with E-state index in [4.69, 9.17) is 39.9 Å². The van der Waals surface area contributed by atoms with E-state index in [0.717, 1.165) is 0 Å². The Kier molecular flexibility index (Phi) is 3.97. The summed E-state index contributed by atoms with van der Waals surface area (Å²) in [7, 11) is 0. The van der Waals surface area contributed by atoms with Crippen LogP contribution in [0.3, 0.4) is 0 Å². The summed E-state index contributed by atoms with van der Waals surface area (Å²) in [5.74, 6) is 0. The van der Waals surface area contributed by atoms with Crippen LogP contribution >= 0.6 is 34.8 Å². The lowest BCUT2D eigenvalue weighted by molar-refractivity contribution is 0.276. The highest BCUT2D eigenvalue weighted by atomic mass is 35.5. The Hall–Kier alpha value is -1.000. The molecule has 3 nitrogen and oxygen atoms in total. The zero-order chi connectivity index (χ0) is 13.3. The largest absolute Gasteiger partial charge is 0.390 e. The predicted octanol–water partition coefficient (Wildman–Crippen LogP) is 3.49. The van der Waals surface area contributed by atoms with Crippen molar-refractivity contribution in [1.29, 1.82) is 0 Å². The van der Waals surface area contributed by atoms with Crippen molar-refractivity contribution in [2.45, 2.75) is 6.61 Å². The molecule has 0 saturated carbocycles. The van der Waals surface area contributed by atoms with Gasteiger partial charge in [0.05, 0.1) is 27.2 Å². The van der Waals surface area contributed by atoms with E-state index in [0.29, 0.717) is 26.9 Å². The number of rotatable bonds is 2. The second kappa shape index (κ2) is 5.33. The highest BCUT2D eigenvalue weighted by Gasteiger charge is 2.14. The maximum absolute atomic E-state index is 11.9. The molecule has 2 N–H and O–H groups in total. The van der Waals surface area contributed by atoms with Crippen LogP contribution in [0.15, 0.2) is 29.1 Å². The Morgan fingerprint density at radius 2 is 1.72 bits per heavy atom. The average molecular weight is 305 g/mol. The Labute approximate surface area is 118 Å². The maximum Gasteiger partial charge on any atom is 0.256 e. The van der Waals surface area contributed by atoms with Crippen LogP contribution < -0.4 is 5.56 Å². The van der Waals surface area contributed by atoms with Gasteiger partial charge in [0.25, 0.3) is 5.56 Å².